The van der Waals surface area contributed by atoms with Crippen LogP contribution in [0.4, 0.5) is 0 Å². The van der Waals surface area contributed by atoms with Crippen LogP contribution in [-0.4, -0.2) is 43.7 Å². The van der Waals surface area contributed by atoms with E-state index in [-0.39, 0.29) is 0 Å². The van der Waals surface area contributed by atoms with Gasteiger partial charge in [0.05, 0.1) is 6.61 Å². The van der Waals surface area contributed by atoms with Crippen molar-refractivity contribution in [3.05, 3.63) is 39.2 Å². The van der Waals surface area contributed by atoms with Crippen molar-refractivity contribution in [3.8, 4) is 0 Å². The van der Waals surface area contributed by atoms with Gasteiger partial charge in [-0.25, -0.2) is 4.79 Å². The van der Waals surface area contributed by atoms with Crippen molar-refractivity contribution in [2.45, 2.75) is 12.2 Å². The molecule has 0 aromatic carbocycles. The highest BCUT2D eigenvalue weighted by Crippen LogP contribution is 1.95. The van der Waals surface area contributed by atoms with E-state index in [0.717, 1.165) is 16.7 Å². The van der Waals surface area contributed by atoms with E-state index in [1.165, 1.54) is 12.4 Å². The number of aliphatic hydroxyl groups is 3. The Hall–Kier alpha value is -1.70. The van der Waals surface area contributed by atoms with E-state index in [0.29, 0.717) is 0 Å². The van der Waals surface area contributed by atoms with Gasteiger partial charge in [0.25, 0.3) is 5.56 Å². The molecule has 1 heterocycles. The minimum Gasteiger partial charge on any atom is -0.394 e. The van der Waals surface area contributed by atoms with E-state index in [1.807, 2.05) is 4.98 Å². The lowest BCUT2D eigenvalue weighted by Crippen LogP contribution is -2.29. The highest BCUT2D eigenvalue weighted by atomic mass is 16.4. The van der Waals surface area contributed by atoms with Gasteiger partial charge >= 0.3 is 5.69 Å². The lowest BCUT2D eigenvalue weighted by molar-refractivity contribution is 0.00973. The molecule has 0 aliphatic rings. The van der Waals surface area contributed by atoms with Gasteiger partial charge in [-0.15, -0.1) is 0 Å². The van der Waals surface area contributed by atoms with Crippen molar-refractivity contribution in [3.63, 3.8) is 0 Å². The summed E-state index contributed by atoms with van der Waals surface area (Å²) in [6.45, 7) is -0.591. The summed E-state index contributed by atoms with van der Waals surface area (Å²) in [7, 11) is 0. The maximum atomic E-state index is 11.2. The summed E-state index contributed by atoms with van der Waals surface area (Å²) in [5, 5.41) is 26.8. The Balaban J connectivity index is 2.84. The first-order valence-corrected chi connectivity index (χ1v) is 4.51. The monoisotopic (exact) mass is 228 g/mol. The Bertz CT molecular complexity index is 475. The molecule has 0 saturated carbocycles. The molecule has 0 bridgehead atoms. The van der Waals surface area contributed by atoms with E-state index < -0.39 is 30.1 Å². The van der Waals surface area contributed by atoms with Gasteiger partial charge < -0.3 is 15.3 Å². The normalized spacial score (nSPS) is 15.2. The minimum atomic E-state index is -1.31. The van der Waals surface area contributed by atoms with Gasteiger partial charge in [-0.05, 0) is 6.08 Å². The van der Waals surface area contributed by atoms with E-state index in [2.05, 4.69) is 0 Å². The van der Waals surface area contributed by atoms with Crippen LogP contribution in [0.25, 0.3) is 6.20 Å². The highest BCUT2D eigenvalue weighted by molar-refractivity contribution is 5.23. The SMILES string of the molecule is O=c1ccn(/C=C/[C@H](O)[C@@H](O)CO)c(=O)[nH]1. The second-order valence-corrected chi connectivity index (χ2v) is 3.10. The van der Waals surface area contributed by atoms with Crippen LogP contribution in [0.15, 0.2) is 27.9 Å². The van der Waals surface area contributed by atoms with Gasteiger partial charge in [0.15, 0.2) is 0 Å². The summed E-state index contributed by atoms with van der Waals surface area (Å²) in [6.07, 6.45) is 0.927. The number of aromatic amines is 1. The Labute approximate surface area is 89.9 Å². The molecule has 0 unspecified atom stereocenters. The first kappa shape index (κ1) is 12.4. The fourth-order valence-electron chi connectivity index (χ4n) is 0.962. The largest absolute Gasteiger partial charge is 0.394 e. The van der Waals surface area contributed by atoms with Crippen LogP contribution >= 0.6 is 0 Å². The molecule has 0 aliphatic heterocycles. The number of aliphatic hydroxyl groups excluding tert-OH is 3. The lowest BCUT2D eigenvalue weighted by atomic mass is 10.2. The third kappa shape index (κ3) is 3.16. The van der Waals surface area contributed by atoms with Crippen LogP contribution < -0.4 is 11.2 Å². The molecular weight excluding hydrogens is 216 g/mol. The number of H-pyrrole nitrogens is 1. The first-order valence-electron chi connectivity index (χ1n) is 4.51. The number of aromatic nitrogens is 2. The van der Waals surface area contributed by atoms with Gasteiger partial charge in [0.2, 0.25) is 0 Å². The molecule has 2 atom stereocenters. The van der Waals surface area contributed by atoms with Crippen LogP contribution in [-0.2, 0) is 0 Å². The fraction of sp³-hybridized carbons (Fsp3) is 0.333. The Morgan fingerprint density at radius 3 is 2.69 bits per heavy atom. The molecule has 16 heavy (non-hydrogen) atoms. The van der Waals surface area contributed by atoms with Crippen molar-refractivity contribution in [2.75, 3.05) is 6.61 Å². The zero-order valence-electron chi connectivity index (χ0n) is 8.28. The molecule has 4 N–H and O–H groups in total. The van der Waals surface area contributed by atoms with Crippen molar-refractivity contribution in [2.24, 2.45) is 0 Å². The van der Waals surface area contributed by atoms with E-state index in [1.54, 1.807) is 0 Å². The van der Waals surface area contributed by atoms with E-state index >= 15 is 0 Å². The summed E-state index contributed by atoms with van der Waals surface area (Å²) < 4.78 is 1.02. The van der Waals surface area contributed by atoms with Crippen molar-refractivity contribution < 1.29 is 15.3 Å². The molecule has 0 saturated heterocycles. The molecule has 0 fully saturated rings. The molecule has 7 heteroatoms. The molecule has 1 aromatic heterocycles. The van der Waals surface area contributed by atoms with Gasteiger partial charge in [-0.3, -0.25) is 14.3 Å². The topological polar surface area (TPSA) is 116 Å². The summed E-state index contributed by atoms with van der Waals surface area (Å²) >= 11 is 0. The smallest absolute Gasteiger partial charge is 0.332 e. The number of nitrogens with one attached hydrogen (secondary N) is 1. The van der Waals surface area contributed by atoms with Gasteiger partial charge in [-0.1, -0.05) is 0 Å². The quantitative estimate of drug-likeness (QED) is 0.463. The highest BCUT2D eigenvalue weighted by Gasteiger charge is 2.10. The average molecular weight is 228 g/mol. The second kappa shape index (κ2) is 5.40. The predicted octanol–water partition coefficient (Wildman–Crippen LogP) is -2.28. The van der Waals surface area contributed by atoms with E-state index in [9.17, 15) is 14.7 Å². The maximum absolute atomic E-state index is 11.2. The Morgan fingerprint density at radius 1 is 1.44 bits per heavy atom. The summed E-state index contributed by atoms with van der Waals surface area (Å²) in [6, 6.07) is 1.14. The standard InChI is InChI=1S/C9H12N2O5/c12-5-7(14)6(13)1-3-11-4-2-8(15)10-9(11)16/h1-4,6-7,12-14H,5H2,(H,10,15,16)/b3-1+/t6-,7-/m0/s1. The zero-order valence-corrected chi connectivity index (χ0v) is 8.28. The molecule has 0 spiro atoms. The van der Waals surface area contributed by atoms with Crippen molar-refractivity contribution >= 4 is 6.20 Å². The van der Waals surface area contributed by atoms with Gasteiger partial charge in [0, 0.05) is 18.5 Å². The summed E-state index contributed by atoms with van der Waals surface area (Å²) in [4.78, 5) is 23.9. The Kier molecular flexibility index (Phi) is 4.18. The van der Waals surface area contributed by atoms with Crippen LogP contribution in [0.3, 0.4) is 0 Å². The van der Waals surface area contributed by atoms with Crippen molar-refractivity contribution in [1.82, 2.24) is 9.55 Å². The third-order valence-electron chi connectivity index (χ3n) is 1.88. The second-order valence-electron chi connectivity index (χ2n) is 3.10. The van der Waals surface area contributed by atoms with Crippen LogP contribution in [0.1, 0.15) is 0 Å². The zero-order chi connectivity index (χ0) is 12.1. The van der Waals surface area contributed by atoms with Crippen LogP contribution in [0.2, 0.25) is 0 Å². The van der Waals surface area contributed by atoms with Crippen LogP contribution in [0, 0.1) is 0 Å². The maximum Gasteiger partial charge on any atom is 0.332 e. The molecular formula is C9H12N2O5. The molecule has 0 radical (unpaired) electrons. The number of nitrogens with zero attached hydrogens (tertiary/aromatic N) is 1. The van der Waals surface area contributed by atoms with Gasteiger partial charge in [0.1, 0.15) is 12.2 Å². The van der Waals surface area contributed by atoms with Crippen molar-refractivity contribution in [1.29, 1.82) is 0 Å². The number of hydrogen-bond donors (Lipinski definition) is 4. The average Bonchev–Trinajstić information content (AvgIpc) is 2.26. The number of rotatable bonds is 4. The summed E-state index contributed by atoms with van der Waals surface area (Å²) in [5.74, 6) is 0. The lowest BCUT2D eigenvalue weighted by Gasteiger charge is -2.10. The molecule has 0 aliphatic carbocycles. The van der Waals surface area contributed by atoms with E-state index in [4.69, 9.17) is 10.2 Å². The predicted molar refractivity (Wildman–Crippen MR) is 55.8 cm³/mol. The van der Waals surface area contributed by atoms with Gasteiger partial charge in [-0.2, -0.15) is 0 Å². The fourth-order valence-corrected chi connectivity index (χ4v) is 0.962. The first-order chi connectivity index (χ1) is 7.54. The van der Waals surface area contributed by atoms with Crippen LogP contribution in [0.5, 0.6) is 0 Å². The molecule has 1 aromatic rings. The molecule has 1 rings (SSSR count). The molecule has 0 amide bonds. The minimum absolute atomic E-state index is 0.523. The number of hydrogen-bond acceptors (Lipinski definition) is 5. The molecule has 88 valence electrons. The molecule has 7 nitrogen and oxygen atoms in total. The summed E-state index contributed by atoms with van der Waals surface area (Å²) in [5.41, 5.74) is -1.18. The third-order valence-corrected chi connectivity index (χ3v) is 1.88. The Morgan fingerprint density at radius 2 is 2.12 bits per heavy atom.